The van der Waals surface area contributed by atoms with Crippen LogP contribution in [0.4, 0.5) is 14.5 Å². The zero-order valence-electron chi connectivity index (χ0n) is 11.0. The van der Waals surface area contributed by atoms with Gasteiger partial charge in [0.05, 0.1) is 5.41 Å². The van der Waals surface area contributed by atoms with Gasteiger partial charge in [0, 0.05) is 16.8 Å². The first-order valence-electron chi connectivity index (χ1n) is 6.54. The molecule has 1 aliphatic rings. The molecule has 108 valence electrons. The molecule has 0 spiro atoms. The highest BCUT2D eigenvalue weighted by Gasteiger charge is 2.51. The second kappa shape index (κ2) is 5.11. The Hall–Kier alpha value is -1.94. The Morgan fingerprint density at radius 1 is 1.10 bits per heavy atom. The van der Waals surface area contributed by atoms with E-state index < -0.39 is 17.0 Å². The molecule has 0 aliphatic heterocycles. The fourth-order valence-electron chi connectivity index (χ4n) is 2.38. The molecule has 2 aromatic rings. The van der Waals surface area contributed by atoms with E-state index in [1.807, 2.05) is 6.07 Å². The average molecular weight is 308 g/mol. The van der Waals surface area contributed by atoms with E-state index in [0.29, 0.717) is 17.9 Å². The molecular weight excluding hydrogens is 296 g/mol. The summed E-state index contributed by atoms with van der Waals surface area (Å²) >= 11 is 5.96. The van der Waals surface area contributed by atoms with Crippen LogP contribution in [0.3, 0.4) is 0 Å². The number of carbonyl (C=O) groups is 1. The molecule has 0 bridgehead atoms. The van der Waals surface area contributed by atoms with Gasteiger partial charge in [0.1, 0.15) is 0 Å². The van der Waals surface area contributed by atoms with Crippen LogP contribution in [0.1, 0.15) is 18.4 Å². The first-order chi connectivity index (χ1) is 10.0. The van der Waals surface area contributed by atoms with Crippen LogP contribution >= 0.6 is 11.6 Å². The zero-order valence-corrected chi connectivity index (χ0v) is 11.8. The molecule has 0 atom stereocenters. The van der Waals surface area contributed by atoms with Gasteiger partial charge >= 0.3 is 0 Å². The monoisotopic (exact) mass is 307 g/mol. The van der Waals surface area contributed by atoms with Gasteiger partial charge in [-0.15, -0.1) is 0 Å². The van der Waals surface area contributed by atoms with Crippen molar-refractivity contribution < 1.29 is 13.6 Å². The zero-order chi connectivity index (χ0) is 15.0. The lowest BCUT2D eigenvalue weighted by molar-refractivity contribution is -0.118. The van der Waals surface area contributed by atoms with Crippen molar-refractivity contribution in [2.45, 2.75) is 18.3 Å². The number of carbonyl (C=O) groups excluding carboxylic acids is 1. The quantitative estimate of drug-likeness (QED) is 0.900. The molecule has 3 rings (SSSR count). The van der Waals surface area contributed by atoms with Crippen LogP contribution in [0.2, 0.25) is 5.02 Å². The van der Waals surface area contributed by atoms with E-state index in [-0.39, 0.29) is 11.6 Å². The highest BCUT2D eigenvalue weighted by Crippen LogP contribution is 2.49. The highest BCUT2D eigenvalue weighted by molar-refractivity contribution is 6.30. The Morgan fingerprint density at radius 3 is 2.48 bits per heavy atom. The van der Waals surface area contributed by atoms with Gasteiger partial charge in [0.15, 0.2) is 11.6 Å². The Kier molecular flexibility index (Phi) is 3.41. The van der Waals surface area contributed by atoms with Gasteiger partial charge in [-0.1, -0.05) is 23.7 Å². The van der Waals surface area contributed by atoms with Crippen LogP contribution in [-0.2, 0) is 10.2 Å². The minimum Gasteiger partial charge on any atom is -0.325 e. The summed E-state index contributed by atoms with van der Waals surface area (Å²) in [6, 6.07) is 10.5. The molecule has 5 heteroatoms. The standard InChI is InChI=1S/C16H12ClF2NO/c17-11-3-1-2-10(8-11)16(6-7-16)15(21)20-12-4-5-13(18)14(19)9-12/h1-5,8-9H,6-7H2,(H,20,21). The Balaban J connectivity index is 1.83. The van der Waals surface area contributed by atoms with Gasteiger partial charge in [-0.25, -0.2) is 8.78 Å². The summed E-state index contributed by atoms with van der Waals surface area (Å²) in [5.74, 6) is -2.15. The first-order valence-corrected chi connectivity index (χ1v) is 6.92. The van der Waals surface area contributed by atoms with Crippen molar-refractivity contribution in [1.29, 1.82) is 0 Å². The van der Waals surface area contributed by atoms with E-state index in [4.69, 9.17) is 11.6 Å². The van der Waals surface area contributed by atoms with Crippen LogP contribution in [0.5, 0.6) is 0 Å². The molecular formula is C16H12ClF2NO. The topological polar surface area (TPSA) is 29.1 Å². The molecule has 1 fully saturated rings. The number of benzene rings is 2. The summed E-state index contributed by atoms with van der Waals surface area (Å²) in [5, 5.41) is 3.21. The van der Waals surface area contributed by atoms with Gasteiger partial charge in [0.2, 0.25) is 5.91 Å². The summed E-state index contributed by atoms with van der Waals surface area (Å²) < 4.78 is 26.1. The minimum atomic E-state index is -0.986. The van der Waals surface area contributed by atoms with Crippen LogP contribution in [0.15, 0.2) is 42.5 Å². The minimum absolute atomic E-state index is 0.226. The van der Waals surface area contributed by atoms with E-state index in [1.165, 1.54) is 6.07 Å². The third-order valence-electron chi connectivity index (χ3n) is 3.74. The summed E-state index contributed by atoms with van der Waals surface area (Å²) in [5.41, 5.74) is 0.470. The van der Waals surface area contributed by atoms with Crippen molar-refractivity contribution in [1.82, 2.24) is 0 Å². The van der Waals surface area contributed by atoms with E-state index >= 15 is 0 Å². The molecule has 21 heavy (non-hydrogen) atoms. The van der Waals surface area contributed by atoms with Crippen molar-refractivity contribution >= 4 is 23.2 Å². The van der Waals surface area contributed by atoms with Crippen LogP contribution in [0.25, 0.3) is 0 Å². The summed E-state index contributed by atoms with van der Waals surface area (Å²) in [6.07, 6.45) is 1.42. The predicted octanol–water partition coefficient (Wildman–Crippen LogP) is 4.29. The van der Waals surface area contributed by atoms with Crippen molar-refractivity contribution in [2.24, 2.45) is 0 Å². The van der Waals surface area contributed by atoms with Gasteiger partial charge in [0.25, 0.3) is 0 Å². The number of halogens is 3. The smallest absolute Gasteiger partial charge is 0.235 e. The van der Waals surface area contributed by atoms with E-state index in [1.54, 1.807) is 18.2 Å². The molecule has 0 radical (unpaired) electrons. The van der Waals surface area contributed by atoms with Crippen molar-refractivity contribution in [2.75, 3.05) is 5.32 Å². The fourth-order valence-corrected chi connectivity index (χ4v) is 2.57. The van der Waals surface area contributed by atoms with Crippen LogP contribution in [-0.4, -0.2) is 5.91 Å². The van der Waals surface area contributed by atoms with Gasteiger partial charge < -0.3 is 5.32 Å². The Labute approximate surface area is 125 Å². The highest BCUT2D eigenvalue weighted by atomic mass is 35.5. The van der Waals surface area contributed by atoms with E-state index in [0.717, 1.165) is 17.7 Å². The molecule has 0 unspecified atom stereocenters. The maximum atomic E-state index is 13.2. The second-order valence-electron chi connectivity index (χ2n) is 5.18. The third kappa shape index (κ3) is 2.63. The molecule has 2 aromatic carbocycles. The lowest BCUT2D eigenvalue weighted by Gasteiger charge is -2.16. The van der Waals surface area contributed by atoms with Crippen molar-refractivity contribution in [3.8, 4) is 0 Å². The third-order valence-corrected chi connectivity index (χ3v) is 3.97. The molecule has 1 aliphatic carbocycles. The van der Waals surface area contributed by atoms with Gasteiger partial charge in [-0.2, -0.15) is 0 Å². The summed E-state index contributed by atoms with van der Waals surface area (Å²) in [7, 11) is 0. The van der Waals surface area contributed by atoms with E-state index in [2.05, 4.69) is 5.32 Å². The maximum absolute atomic E-state index is 13.2. The molecule has 2 nitrogen and oxygen atoms in total. The lowest BCUT2D eigenvalue weighted by atomic mass is 9.95. The van der Waals surface area contributed by atoms with Crippen molar-refractivity contribution in [3.05, 3.63) is 64.7 Å². The number of nitrogens with one attached hydrogen (secondary N) is 1. The fraction of sp³-hybridized carbons (Fsp3) is 0.188. The van der Waals surface area contributed by atoms with Crippen LogP contribution < -0.4 is 5.32 Å². The maximum Gasteiger partial charge on any atom is 0.235 e. The Bertz CT molecular complexity index is 713. The molecule has 0 saturated heterocycles. The number of rotatable bonds is 3. The number of anilines is 1. The second-order valence-corrected chi connectivity index (χ2v) is 5.61. The number of hydrogen-bond acceptors (Lipinski definition) is 1. The molecule has 1 saturated carbocycles. The van der Waals surface area contributed by atoms with E-state index in [9.17, 15) is 13.6 Å². The van der Waals surface area contributed by atoms with Gasteiger partial charge in [-0.3, -0.25) is 4.79 Å². The largest absolute Gasteiger partial charge is 0.325 e. The van der Waals surface area contributed by atoms with Crippen molar-refractivity contribution in [3.63, 3.8) is 0 Å². The van der Waals surface area contributed by atoms with Gasteiger partial charge in [-0.05, 0) is 42.7 Å². The predicted molar refractivity (Wildman–Crippen MR) is 77.4 cm³/mol. The first kappa shape index (κ1) is 14.0. The summed E-state index contributed by atoms with van der Waals surface area (Å²) in [4.78, 5) is 12.4. The SMILES string of the molecule is O=C(Nc1ccc(F)c(F)c1)C1(c2cccc(Cl)c2)CC1. The lowest BCUT2D eigenvalue weighted by Crippen LogP contribution is -2.27. The molecule has 0 aromatic heterocycles. The Morgan fingerprint density at radius 2 is 1.86 bits per heavy atom. The molecule has 1 amide bonds. The summed E-state index contributed by atoms with van der Waals surface area (Å²) in [6.45, 7) is 0. The molecule has 0 heterocycles. The number of amides is 1. The normalized spacial score (nSPS) is 15.6. The van der Waals surface area contributed by atoms with Crippen LogP contribution in [0, 0.1) is 11.6 Å². The molecule has 1 N–H and O–H groups in total. The average Bonchev–Trinajstić information content (AvgIpc) is 3.24. The number of hydrogen-bond donors (Lipinski definition) is 1.